The van der Waals surface area contributed by atoms with Gasteiger partial charge in [0.2, 0.25) is 5.91 Å². The Labute approximate surface area is 113 Å². The summed E-state index contributed by atoms with van der Waals surface area (Å²) in [5, 5.41) is 5.57. The Kier molecular flexibility index (Phi) is 4.92. The van der Waals surface area contributed by atoms with Crippen molar-refractivity contribution < 1.29 is 9.59 Å². The topological polar surface area (TPSA) is 84.2 Å². The molecule has 3 amide bonds. The second-order valence-corrected chi connectivity index (χ2v) is 4.97. The van der Waals surface area contributed by atoms with E-state index in [-0.39, 0.29) is 12.1 Å². The summed E-state index contributed by atoms with van der Waals surface area (Å²) in [4.78, 5) is 23.0. The predicted molar refractivity (Wildman–Crippen MR) is 76.2 cm³/mol. The molecule has 0 radical (unpaired) electrons. The van der Waals surface area contributed by atoms with Gasteiger partial charge < -0.3 is 16.4 Å². The summed E-state index contributed by atoms with van der Waals surface area (Å²) in [6.45, 7) is 7.76. The average Bonchev–Trinajstić information content (AvgIpc) is 2.31. The highest BCUT2D eigenvalue weighted by molar-refractivity contribution is 5.98. The fraction of sp³-hybridized carbons (Fsp3) is 0.429. The average molecular weight is 263 g/mol. The van der Waals surface area contributed by atoms with Gasteiger partial charge in [-0.15, -0.1) is 0 Å². The first-order valence-electron chi connectivity index (χ1n) is 6.29. The fourth-order valence-corrected chi connectivity index (χ4v) is 1.57. The van der Waals surface area contributed by atoms with Crippen molar-refractivity contribution in [3.8, 4) is 0 Å². The lowest BCUT2D eigenvalue weighted by atomic mass is 10.1. The third-order valence-corrected chi connectivity index (χ3v) is 3.21. The lowest BCUT2D eigenvalue weighted by molar-refractivity contribution is 0.0999. The molecule has 0 aliphatic heterocycles. The monoisotopic (exact) mass is 263 g/mol. The Morgan fingerprint density at radius 2 is 1.84 bits per heavy atom. The normalized spacial score (nSPS) is 12.1. The van der Waals surface area contributed by atoms with Crippen LogP contribution in [0.3, 0.4) is 0 Å². The lowest BCUT2D eigenvalue weighted by Crippen LogP contribution is -2.39. The lowest BCUT2D eigenvalue weighted by Gasteiger charge is -2.18. The Morgan fingerprint density at radius 1 is 1.21 bits per heavy atom. The van der Waals surface area contributed by atoms with E-state index in [0.717, 1.165) is 0 Å². The third kappa shape index (κ3) is 3.98. The van der Waals surface area contributed by atoms with Gasteiger partial charge in [-0.2, -0.15) is 0 Å². The number of carbonyl (C=O) groups excluding carboxylic acids is 2. The van der Waals surface area contributed by atoms with Crippen LogP contribution < -0.4 is 16.4 Å². The van der Waals surface area contributed by atoms with E-state index in [1.54, 1.807) is 25.1 Å². The van der Waals surface area contributed by atoms with Crippen molar-refractivity contribution in [2.24, 2.45) is 11.7 Å². The molecular formula is C14H21N3O2. The maximum atomic E-state index is 11.8. The van der Waals surface area contributed by atoms with Crippen LogP contribution in [0, 0.1) is 12.8 Å². The molecule has 1 aromatic rings. The van der Waals surface area contributed by atoms with Gasteiger partial charge in [-0.1, -0.05) is 19.9 Å². The number of carbonyl (C=O) groups is 2. The number of benzene rings is 1. The molecule has 0 spiro atoms. The van der Waals surface area contributed by atoms with Gasteiger partial charge >= 0.3 is 6.03 Å². The van der Waals surface area contributed by atoms with Crippen LogP contribution in [0.25, 0.3) is 0 Å². The summed E-state index contributed by atoms with van der Waals surface area (Å²) in [7, 11) is 0. The molecule has 0 heterocycles. The quantitative estimate of drug-likeness (QED) is 0.778. The molecule has 0 bridgehead atoms. The summed E-state index contributed by atoms with van der Waals surface area (Å²) in [6.07, 6.45) is 0. The van der Waals surface area contributed by atoms with E-state index in [1.165, 1.54) is 0 Å². The molecule has 19 heavy (non-hydrogen) atoms. The minimum absolute atomic E-state index is 0.0691. The Hall–Kier alpha value is -2.04. The molecule has 0 aromatic heterocycles. The van der Waals surface area contributed by atoms with E-state index >= 15 is 0 Å². The molecule has 0 aliphatic rings. The van der Waals surface area contributed by atoms with Crippen LogP contribution >= 0.6 is 0 Å². The van der Waals surface area contributed by atoms with Gasteiger partial charge in [-0.05, 0) is 37.5 Å². The van der Waals surface area contributed by atoms with Crippen LogP contribution in [-0.2, 0) is 0 Å². The summed E-state index contributed by atoms with van der Waals surface area (Å²) in [6, 6.07) is 4.85. The number of amides is 3. The largest absolute Gasteiger partial charge is 0.366 e. The summed E-state index contributed by atoms with van der Waals surface area (Å²) < 4.78 is 0. The summed E-state index contributed by atoms with van der Waals surface area (Å²) >= 11 is 0. The predicted octanol–water partition coefficient (Wildman–Crippen LogP) is 2.26. The maximum absolute atomic E-state index is 11.8. The van der Waals surface area contributed by atoms with Crippen molar-refractivity contribution in [1.82, 2.24) is 5.32 Å². The van der Waals surface area contributed by atoms with E-state index in [4.69, 9.17) is 5.73 Å². The Balaban J connectivity index is 2.80. The van der Waals surface area contributed by atoms with E-state index in [1.807, 2.05) is 20.8 Å². The van der Waals surface area contributed by atoms with Gasteiger partial charge in [-0.25, -0.2) is 4.79 Å². The zero-order valence-corrected chi connectivity index (χ0v) is 11.8. The zero-order valence-electron chi connectivity index (χ0n) is 11.8. The number of primary amides is 1. The molecule has 5 nitrogen and oxygen atoms in total. The highest BCUT2D eigenvalue weighted by Crippen LogP contribution is 2.18. The molecule has 5 heteroatoms. The first kappa shape index (κ1) is 15.0. The first-order chi connectivity index (χ1) is 8.82. The number of urea groups is 1. The van der Waals surface area contributed by atoms with Crippen molar-refractivity contribution in [3.05, 3.63) is 29.3 Å². The molecular weight excluding hydrogens is 242 g/mol. The minimum Gasteiger partial charge on any atom is -0.366 e. The number of hydrogen-bond donors (Lipinski definition) is 3. The number of nitrogens with two attached hydrogens (primary N) is 1. The van der Waals surface area contributed by atoms with E-state index in [0.29, 0.717) is 22.7 Å². The molecule has 104 valence electrons. The van der Waals surface area contributed by atoms with Crippen LogP contribution in [0.5, 0.6) is 0 Å². The van der Waals surface area contributed by atoms with Gasteiger partial charge in [0.15, 0.2) is 0 Å². The molecule has 0 saturated carbocycles. The van der Waals surface area contributed by atoms with Crippen LogP contribution in [0.2, 0.25) is 0 Å². The smallest absolute Gasteiger partial charge is 0.319 e. The second kappa shape index (κ2) is 6.22. The summed E-state index contributed by atoms with van der Waals surface area (Å²) in [5.41, 5.74) is 6.94. The Bertz CT molecular complexity index is 484. The van der Waals surface area contributed by atoms with Crippen molar-refractivity contribution in [2.45, 2.75) is 33.7 Å². The Morgan fingerprint density at radius 3 is 2.37 bits per heavy atom. The van der Waals surface area contributed by atoms with Gasteiger partial charge in [0.25, 0.3) is 0 Å². The minimum atomic E-state index is -0.503. The second-order valence-electron chi connectivity index (χ2n) is 4.97. The van der Waals surface area contributed by atoms with Crippen molar-refractivity contribution >= 4 is 17.6 Å². The highest BCUT2D eigenvalue weighted by atomic mass is 16.2. The number of rotatable bonds is 4. The zero-order chi connectivity index (χ0) is 14.6. The highest BCUT2D eigenvalue weighted by Gasteiger charge is 2.13. The van der Waals surface area contributed by atoms with E-state index < -0.39 is 5.91 Å². The van der Waals surface area contributed by atoms with Crippen LogP contribution in [-0.4, -0.2) is 18.0 Å². The van der Waals surface area contributed by atoms with E-state index in [9.17, 15) is 9.59 Å². The van der Waals surface area contributed by atoms with Gasteiger partial charge in [-0.3, -0.25) is 4.79 Å². The maximum Gasteiger partial charge on any atom is 0.319 e. The molecule has 4 N–H and O–H groups in total. The van der Waals surface area contributed by atoms with Gasteiger partial charge in [0.1, 0.15) is 0 Å². The van der Waals surface area contributed by atoms with Crippen LogP contribution in [0.15, 0.2) is 18.2 Å². The van der Waals surface area contributed by atoms with Crippen molar-refractivity contribution in [3.63, 3.8) is 0 Å². The SMILES string of the molecule is Cc1c(NC(=O)NC(C)C(C)C)cccc1C(N)=O. The molecule has 1 aromatic carbocycles. The van der Waals surface area contributed by atoms with Crippen LogP contribution in [0.4, 0.5) is 10.5 Å². The molecule has 0 saturated heterocycles. The number of hydrogen-bond acceptors (Lipinski definition) is 2. The van der Waals surface area contributed by atoms with Crippen molar-refractivity contribution in [2.75, 3.05) is 5.32 Å². The third-order valence-electron chi connectivity index (χ3n) is 3.21. The van der Waals surface area contributed by atoms with E-state index in [2.05, 4.69) is 10.6 Å². The standard InChI is InChI=1S/C14H21N3O2/c1-8(2)10(4)16-14(19)17-12-7-5-6-11(9(12)3)13(15)18/h5-8,10H,1-4H3,(H2,15,18)(H2,16,17,19). The summed E-state index contributed by atoms with van der Waals surface area (Å²) in [5.74, 6) is -0.152. The fourth-order valence-electron chi connectivity index (χ4n) is 1.57. The van der Waals surface area contributed by atoms with Crippen molar-refractivity contribution in [1.29, 1.82) is 0 Å². The van der Waals surface area contributed by atoms with Crippen LogP contribution in [0.1, 0.15) is 36.7 Å². The molecule has 0 aliphatic carbocycles. The molecule has 1 unspecified atom stereocenters. The molecule has 1 rings (SSSR count). The number of anilines is 1. The first-order valence-corrected chi connectivity index (χ1v) is 6.29. The van der Waals surface area contributed by atoms with Gasteiger partial charge in [0.05, 0.1) is 0 Å². The van der Waals surface area contributed by atoms with Gasteiger partial charge in [0, 0.05) is 17.3 Å². The molecule has 1 atom stereocenters. The number of nitrogens with one attached hydrogen (secondary N) is 2. The molecule has 0 fully saturated rings.